The quantitative estimate of drug-likeness (QED) is 0.332. The van der Waals surface area contributed by atoms with Gasteiger partial charge in [-0.1, -0.05) is 53.7 Å². The van der Waals surface area contributed by atoms with E-state index in [0.717, 1.165) is 21.2 Å². The average Bonchev–Trinajstić information content (AvgIpc) is 3.12. The van der Waals surface area contributed by atoms with Crippen molar-refractivity contribution in [2.24, 2.45) is 0 Å². The number of nitrogen functional groups attached to an aromatic ring is 1. The molecule has 156 valence electrons. The molecule has 8 heteroatoms. The van der Waals surface area contributed by atoms with Crippen LogP contribution in [0, 0.1) is 11.3 Å². The molecule has 1 aromatic heterocycles. The van der Waals surface area contributed by atoms with Crippen molar-refractivity contribution in [3.63, 3.8) is 0 Å². The molecule has 0 bridgehead atoms. The number of nitrogens with one attached hydrogen (secondary N) is 1. The maximum Gasteiger partial charge on any atom is 0.275 e. The number of nitrogens with two attached hydrogens (primary N) is 1. The summed E-state index contributed by atoms with van der Waals surface area (Å²) in [5, 5.41) is 14.0. The summed E-state index contributed by atoms with van der Waals surface area (Å²) in [7, 11) is 0. The van der Waals surface area contributed by atoms with Crippen molar-refractivity contribution < 1.29 is 4.79 Å². The molecular formula is C24H15ClN4OS2. The SMILES string of the molecule is N#Cc1c(Nc2ccccc2)sc(C(=O)N2c3ccccc3Sc3ccc(Cl)cc32)c1N. The third kappa shape index (κ3) is 3.49. The summed E-state index contributed by atoms with van der Waals surface area (Å²) in [6.07, 6.45) is 0. The number of amides is 1. The van der Waals surface area contributed by atoms with Crippen molar-refractivity contribution in [3.8, 4) is 6.07 Å². The third-order valence-corrected chi connectivity index (χ3v) is 7.45. The van der Waals surface area contributed by atoms with Crippen molar-refractivity contribution in [2.45, 2.75) is 9.79 Å². The number of carbonyl (C=O) groups is 1. The minimum absolute atomic E-state index is 0.167. The summed E-state index contributed by atoms with van der Waals surface area (Å²) in [6.45, 7) is 0. The zero-order chi connectivity index (χ0) is 22.2. The van der Waals surface area contributed by atoms with Crippen LogP contribution < -0.4 is 16.0 Å². The number of rotatable bonds is 3. The molecule has 0 saturated carbocycles. The summed E-state index contributed by atoms with van der Waals surface area (Å²) in [5.41, 5.74) is 8.99. The first-order valence-electron chi connectivity index (χ1n) is 9.62. The highest BCUT2D eigenvalue weighted by atomic mass is 35.5. The van der Waals surface area contributed by atoms with Gasteiger partial charge >= 0.3 is 0 Å². The minimum Gasteiger partial charge on any atom is -0.396 e. The molecule has 4 aromatic rings. The van der Waals surface area contributed by atoms with Crippen molar-refractivity contribution in [1.29, 1.82) is 5.26 Å². The Morgan fingerprint density at radius 2 is 1.72 bits per heavy atom. The molecule has 1 aliphatic rings. The first kappa shape index (κ1) is 20.5. The molecule has 5 nitrogen and oxygen atoms in total. The van der Waals surface area contributed by atoms with Gasteiger partial charge in [0, 0.05) is 20.5 Å². The van der Waals surface area contributed by atoms with Crippen LogP contribution in [0.5, 0.6) is 0 Å². The standard InChI is InChI=1S/C24H15ClN4OS2/c25-14-10-11-20-18(12-14)29(17-8-4-5-9-19(17)31-20)24(30)22-21(27)16(13-26)23(32-22)28-15-6-2-1-3-7-15/h1-12,28H,27H2. The van der Waals surface area contributed by atoms with Gasteiger partial charge in [-0.15, -0.1) is 11.3 Å². The Morgan fingerprint density at radius 1 is 1.00 bits per heavy atom. The lowest BCUT2D eigenvalue weighted by Crippen LogP contribution is -2.28. The van der Waals surface area contributed by atoms with E-state index in [9.17, 15) is 10.1 Å². The topological polar surface area (TPSA) is 82.2 Å². The van der Waals surface area contributed by atoms with Gasteiger partial charge in [0.15, 0.2) is 0 Å². The van der Waals surface area contributed by atoms with Crippen LogP contribution in [0.2, 0.25) is 5.02 Å². The number of halogens is 1. The third-order valence-electron chi connectivity index (χ3n) is 4.97. The molecule has 1 aliphatic heterocycles. The number of thiophene rings is 1. The Bertz CT molecular complexity index is 1400. The summed E-state index contributed by atoms with van der Waals surface area (Å²) >= 11 is 9.02. The zero-order valence-electron chi connectivity index (χ0n) is 16.5. The Morgan fingerprint density at radius 3 is 2.50 bits per heavy atom. The second kappa shape index (κ2) is 8.24. The fourth-order valence-electron chi connectivity index (χ4n) is 3.50. The Balaban J connectivity index is 1.62. The first-order chi connectivity index (χ1) is 15.6. The van der Waals surface area contributed by atoms with E-state index in [1.807, 2.05) is 60.7 Å². The molecule has 2 heterocycles. The minimum atomic E-state index is -0.304. The van der Waals surface area contributed by atoms with E-state index >= 15 is 0 Å². The Labute approximate surface area is 198 Å². The summed E-state index contributed by atoms with van der Waals surface area (Å²) < 4.78 is 0. The van der Waals surface area contributed by atoms with E-state index in [-0.39, 0.29) is 17.2 Å². The number of fused-ring (bicyclic) bond motifs is 2. The van der Waals surface area contributed by atoms with Gasteiger partial charge in [-0.25, -0.2) is 0 Å². The molecule has 1 amide bonds. The highest BCUT2D eigenvalue weighted by Crippen LogP contribution is 2.50. The van der Waals surface area contributed by atoms with E-state index < -0.39 is 0 Å². The summed E-state index contributed by atoms with van der Waals surface area (Å²) in [4.78, 5) is 17.7. The van der Waals surface area contributed by atoms with E-state index in [1.54, 1.807) is 28.8 Å². The number of benzene rings is 3. The predicted octanol–water partition coefficient (Wildman–Crippen LogP) is 7.04. The second-order valence-corrected chi connectivity index (χ2v) is 9.52. The van der Waals surface area contributed by atoms with Crippen molar-refractivity contribution in [1.82, 2.24) is 0 Å². The molecule has 32 heavy (non-hydrogen) atoms. The first-order valence-corrected chi connectivity index (χ1v) is 11.6. The normalized spacial score (nSPS) is 11.9. The molecular weight excluding hydrogens is 460 g/mol. The molecule has 0 fully saturated rings. The van der Waals surface area contributed by atoms with Crippen LogP contribution in [0.15, 0.2) is 82.6 Å². The van der Waals surface area contributed by atoms with Gasteiger partial charge in [-0.05, 0) is 42.5 Å². The van der Waals surface area contributed by atoms with Crippen LogP contribution in [0.25, 0.3) is 0 Å². The number of carbonyl (C=O) groups excluding carboxylic acids is 1. The lowest BCUT2D eigenvalue weighted by atomic mass is 10.2. The van der Waals surface area contributed by atoms with E-state index in [1.165, 1.54) is 11.3 Å². The fraction of sp³-hybridized carbons (Fsp3) is 0. The van der Waals surface area contributed by atoms with Gasteiger partial charge in [0.05, 0.1) is 17.1 Å². The molecule has 3 aromatic carbocycles. The van der Waals surface area contributed by atoms with Crippen LogP contribution in [0.4, 0.5) is 27.8 Å². The lowest BCUT2D eigenvalue weighted by molar-refractivity contribution is 0.100. The number of nitrogens with zero attached hydrogens (tertiary/aromatic N) is 2. The number of para-hydroxylation sites is 2. The van der Waals surface area contributed by atoms with E-state index in [2.05, 4.69) is 11.4 Å². The van der Waals surface area contributed by atoms with E-state index in [0.29, 0.717) is 20.6 Å². The van der Waals surface area contributed by atoms with Gasteiger partial charge in [-0.2, -0.15) is 5.26 Å². The molecule has 0 saturated heterocycles. The summed E-state index contributed by atoms with van der Waals surface area (Å²) in [6, 6.07) is 24.8. The maximum atomic E-state index is 13.9. The van der Waals surface area contributed by atoms with Crippen LogP contribution >= 0.6 is 34.7 Å². The van der Waals surface area contributed by atoms with Gasteiger partial charge in [0.1, 0.15) is 21.5 Å². The van der Waals surface area contributed by atoms with Crippen LogP contribution in [0.3, 0.4) is 0 Å². The number of nitriles is 1. The number of anilines is 5. The van der Waals surface area contributed by atoms with Crippen LogP contribution in [-0.2, 0) is 0 Å². The molecule has 0 unspecified atom stereocenters. The van der Waals surface area contributed by atoms with Gasteiger partial charge in [0.25, 0.3) is 5.91 Å². The van der Waals surface area contributed by atoms with Gasteiger partial charge in [-0.3, -0.25) is 9.69 Å². The fourth-order valence-corrected chi connectivity index (χ4v) is 5.73. The lowest BCUT2D eigenvalue weighted by Gasteiger charge is -2.31. The molecule has 3 N–H and O–H groups in total. The second-order valence-electron chi connectivity index (χ2n) is 6.97. The number of hydrogen-bond donors (Lipinski definition) is 2. The summed E-state index contributed by atoms with van der Waals surface area (Å²) in [5.74, 6) is -0.304. The van der Waals surface area contributed by atoms with Gasteiger partial charge < -0.3 is 11.1 Å². The average molecular weight is 475 g/mol. The van der Waals surface area contributed by atoms with Crippen LogP contribution in [0.1, 0.15) is 15.2 Å². The highest BCUT2D eigenvalue weighted by Gasteiger charge is 2.32. The molecule has 0 atom stereocenters. The largest absolute Gasteiger partial charge is 0.396 e. The van der Waals surface area contributed by atoms with E-state index in [4.69, 9.17) is 17.3 Å². The Kier molecular flexibility index (Phi) is 5.27. The molecule has 0 aliphatic carbocycles. The predicted molar refractivity (Wildman–Crippen MR) is 132 cm³/mol. The van der Waals surface area contributed by atoms with Crippen molar-refractivity contribution >= 4 is 68.4 Å². The Hall–Kier alpha value is -3.44. The zero-order valence-corrected chi connectivity index (χ0v) is 18.9. The van der Waals surface area contributed by atoms with Crippen molar-refractivity contribution in [3.05, 3.63) is 88.3 Å². The molecule has 5 rings (SSSR count). The molecule has 0 spiro atoms. The molecule has 0 radical (unpaired) electrons. The highest BCUT2D eigenvalue weighted by molar-refractivity contribution is 7.99. The van der Waals surface area contributed by atoms with Crippen LogP contribution in [-0.4, -0.2) is 5.91 Å². The van der Waals surface area contributed by atoms with Crippen molar-refractivity contribution in [2.75, 3.05) is 16.0 Å². The van der Waals surface area contributed by atoms with Gasteiger partial charge in [0.2, 0.25) is 0 Å². The number of hydrogen-bond acceptors (Lipinski definition) is 6. The smallest absolute Gasteiger partial charge is 0.275 e. The monoisotopic (exact) mass is 474 g/mol. The maximum absolute atomic E-state index is 13.9.